The smallest absolute Gasteiger partial charge is 0.0270 e. The molecule has 2 heteroatoms. The Kier molecular flexibility index (Phi) is 3.15. The zero-order chi connectivity index (χ0) is 11.7. The SMILES string of the molecule is NC(CCc1ccncc1)C1CC2CCC1C2. The van der Waals surface area contributed by atoms with Gasteiger partial charge in [-0.25, -0.2) is 0 Å². The highest BCUT2D eigenvalue weighted by atomic mass is 14.7. The van der Waals surface area contributed by atoms with Crippen molar-refractivity contribution in [2.75, 3.05) is 0 Å². The van der Waals surface area contributed by atoms with Gasteiger partial charge in [-0.3, -0.25) is 4.98 Å². The number of nitrogens with two attached hydrogens (primary N) is 1. The van der Waals surface area contributed by atoms with Crippen molar-refractivity contribution in [1.29, 1.82) is 0 Å². The van der Waals surface area contributed by atoms with Gasteiger partial charge in [0.2, 0.25) is 0 Å². The van der Waals surface area contributed by atoms with Crippen LogP contribution in [0.3, 0.4) is 0 Å². The molecule has 17 heavy (non-hydrogen) atoms. The van der Waals surface area contributed by atoms with Crippen LogP contribution in [0.5, 0.6) is 0 Å². The lowest BCUT2D eigenvalue weighted by molar-refractivity contribution is 0.273. The maximum atomic E-state index is 6.40. The van der Waals surface area contributed by atoms with Crippen molar-refractivity contribution in [3.05, 3.63) is 30.1 Å². The van der Waals surface area contributed by atoms with E-state index in [0.717, 1.165) is 30.6 Å². The molecule has 0 radical (unpaired) electrons. The topological polar surface area (TPSA) is 38.9 Å². The minimum absolute atomic E-state index is 0.415. The molecule has 2 aliphatic carbocycles. The molecule has 92 valence electrons. The first-order valence-corrected chi connectivity index (χ1v) is 6.97. The van der Waals surface area contributed by atoms with Crippen molar-refractivity contribution in [2.24, 2.45) is 23.5 Å². The van der Waals surface area contributed by atoms with Crippen LogP contribution in [0.2, 0.25) is 0 Å². The average molecular weight is 230 g/mol. The number of aromatic nitrogens is 1. The van der Waals surface area contributed by atoms with Crippen LogP contribution in [-0.2, 0) is 6.42 Å². The molecule has 0 saturated heterocycles. The molecule has 2 bridgehead atoms. The maximum absolute atomic E-state index is 6.40. The van der Waals surface area contributed by atoms with Crippen LogP contribution < -0.4 is 5.73 Å². The molecular formula is C15H22N2. The highest BCUT2D eigenvalue weighted by Gasteiger charge is 2.41. The fourth-order valence-corrected chi connectivity index (χ4v) is 3.92. The van der Waals surface area contributed by atoms with Crippen LogP contribution in [0, 0.1) is 17.8 Å². The molecule has 0 amide bonds. The van der Waals surface area contributed by atoms with Crippen molar-refractivity contribution in [2.45, 2.75) is 44.6 Å². The zero-order valence-electron chi connectivity index (χ0n) is 10.4. The number of rotatable bonds is 4. The van der Waals surface area contributed by atoms with Gasteiger partial charge in [0.25, 0.3) is 0 Å². The molecule has 3 rings (SSSR count). The number of aryl methyl sites for hydroxylation is 1. The molecule has 4 atom stereocenters. The van der Waals surface area contributed by atoms with Gasteiger partial charge in [-0.05, 0) is 67.6 Å². The average Bonchev–Trinajstić information content (AvgIpc) is 2.99. The highest BCUT2D eigenvalue weighted by Crippen LogP contribution is 2.49. The van der Waals surface area contributed by atoms with Crippen molar-refractivity contribution >= 4 is 0 Å². The van der Waals surface area contributed by atoms with Crippen molar-refractivity contribution in [1.82, 2.24) is 4.98 Å². The van der Waals surface area contributed by atoms with Crippen molar-refractivity contribution in [3.8, 4) is 0 Å². The van der Waals surface area contributed by atoms with Crippen LogP contribution >= 0.6 is 0 Å². The van der Waals surface area contributed by atoms with E-state index in [-0.39, 0.29) is 0 Å². The maximum Gasteiger partial charge on any atom is 0.0270 e. The Labute approximate surface area is 104 Å². The Morgan fingerprint density at radius 1 is 1.24 bits per heavy atom. The summed E-state index contributed by atoms with van der Waals surface area (Å²) in [5, 5.41) is 0. The first-order valence-electron chi connectivity index (χ1n) is 6.97. The standard InChI is InChI=1S/C15H22N2/c16-15(4-2-11-5-7-17-8-6-11)14-10-12-1-3-13(14)9-12/h5-8,12-15H,1-4,9-10,16H2. The molecule has 1 aromatic rings. The van der Waals surface area contributed by atoms with Gasteiger partial charge in [0.05, 0.1) is 0 Å². The van der Waals surface area contributed by atoms with Gasteiger partial charge in [0.15, 0.2) is 0 Å². The Hall–Kier alpha value is -0.890. The third-order valence-corrected chi connectivity index (χ3v) is 4.86. The van der Waals surface area contributed by atoms with E-state index < -0.39 is 0 Å². The molecule has 4 unspecified atom stereocenters. The predicted molar refractivity (Wildman–Crippen MR) is 69.5 cm³/mol. The minimum atomic E-state index is 0.415. The second-order valence-electron chi connectivity index (χ2n) is 5.90. The van der Waals surface area contributed by atoms with Crippen LogP contribution in [0.25, 0.3) is 0 Å². The van der Waals surface area contributed by atoms with Crippen LogP contribution in [0.15, 0.2) is 24.5 Å². The normalized spacial score (nSPS) is 32.9. The number of hydrogen-bond donors (Lipinski definition) is 1. The third-order valence-electron chi connectivity index (χ3n) is 4.86. The summed E-state index contributed by atoms with van der Waals surface area (Å²) in [6.07, 6.45) is 11.8. The summed E-state index contributed by atoms with van der Waals surface area (Å²) in [7, 11) is 0. The Morgan fingerprint density at radius 3 is 2.71 bits per heavy atom. The summed E-state index contributed by atoms with van der Waals surface area (Å²) in [5.74, 6) is 2.78. The molecule has 2 nitrogen and oxygen atoms in total. The van der Waals surface area contributed by atoms with Gasteiger partial charge in [-0.1, -0.05) is 6.42 Å². The monoisotopic (exact) mass is 230 g/mol. The number of fused-ring (bicyclic) bond motifs is 2. The van der Waals surface area contributed by atoms with E-state index in [1.54, 1.807) is 0 Å². The van der Waals surface area contributed by atoms with E-state index in [1.807, 2.05) is 12.4 Å². The third kappa shape index (κ3) is 2.37. The Bertz CT molecular complexity index is 362. The summed E-state index contributed by atoms with van der Waals surface area (Å²) in [6.45, 7) is 0. The summed E-state index contributed by atoms with van der Waals surface area (Å²) >= 11 is 0. The number of hydrogen-bond acceptors (Lipinski definition) is 2. The van der Waals surface area contributed by atoms with Gasteiger partial charge in [-0.15, -0.1) is 0 Å². The first kappa shape index (κ1) is 11.2. The van der Waals surface area contributed by atoms with Crippen LogP contribution in [0.4, 0.5) is 0 Å². The Balaban J connectivity index is 1.52. The first-order chi connectivity index (χ1) is 8.33. The fraction of sp³-hybridized carbons (Fsp3) is 0.667. The molecule has 0 aliphatic heterocycles. The molecular weight excluding hydrogens is 208 g/mol. The lowest BCUT2D eigenvalue weighted by Gasteiger charge is -2.27. The molecule has 0 aromatic carbocycles. The van der Waals surface area contributed by atoms with Crippen LogP contribution in [-0.4, -0.2) is 11.0 Å². The fourth-order valence-electron chi connectivity index (χ4n) is 3.92. The zero-order valence-corrected chi connectivity index (χ0v) is 10.4. The molecule has 2 N–H and O–H groups in total. The number of pyridine rings is 1. The number of nitrogens with zero attached hydrogens (tertiary/aromatic N) is 1. The second-order valence-corrected chi connectivity index (χ2v) is 5.90. The summed E-state index contributed by atoms with van der Waals surface area (Å²) in [5.41, 5.74) is 7.77. The summed E-state index contributed by atoms with van der Waals surface area (Å²) in [4.78, 5) is 4.05. The van der Waals surface area contributed by atoms with Gasteiger partial charge in [-0.2, -0.15) is 0 Å². The second kappa shape index (κ2) is 4.77. The van der Waals surface area contributed by atoms with E-state index in [4.69, 9.17) is 5.73 Å². The lowest BCUT2D eigenvalue weighted by Crippen LogP contribution is -2.34. The highest BCUT2D eigenvalue weighted by molar-refractivity contribution is 5.10. The van der Waals surface area contributed by atoms with E-state index in [2.05, 4.69) is 17.1 Å². The molecule has 2 saturated carbocycles. The molecule has 2 aliphatic rings. The molecule has 2 fully saturated rings. The largest absolute Gasteiger partial charge is 0.327 e. The van der Waals surface area contributed by atoms with Gasteiger partial charge >= 0.3 is 0 Å². The molecule has 0 spiro atoms. The van der Waals surface area contributed by atoms with Crippen molar-refractivity contribution < 1.29 is 0 Å². The van der Waals surface area contributed by atoms with Crippen molar-refractivity contribution in [3.63, 3.8) is 0 Å². The van der Waals surface area contributed by atoms with Gasteiger partial charge < -0.3 is 5.73 Å². The van der Waals surface area contributed by atoms with Gasteiger partial charge in [0, 0.05) is 18.4 Å². The van der Waals surface area contributed by atoms with Crippen LogP contribution in [0.1, 0.15) is 37.7 Å². The van der Waals surface area contributed by atoms with Gasteiger partial charge in [0.1, 0.15) is 0 Å². The van der Waals surface area contributed by atoms with E-state index in [9.17, 15) is 0 Å². The quantitative estimate of drug-likeness (QED) is 0.864. The predicted octanol–water partition coefficient (Wildman–Crippen LogP) is 2.78. The van der Waals surface area contributed by atoms with E-state index >= 15 is 0 Å². The van der Waals surface area contributed by atoms with E-state index in [0.29, 0.717) is 6.04 Å². The Morgan fingerprint density at radius 2 is 2.06 bits per heavy atom. The summed E-state index contributed by atoms with van der Waals surface area (Å²) in [6, 6.07) is 4.62. The lowest BCUT2D eigenvalue weighted by atomic mass is 9.81. The molecule has 1 heterocycles. The minimum Gasteiger partial charge on any atom is -0.327 e. The summed E-state index contributed by atoms with van der Waals surface area (Å²) < 4.78 is 0. The van der Waals surface area contributed by atoms with E-state index in [1.165, 1.54) is 31.2 Å². The molecule has 1 aromatic heterocycles.